The molecule has 1 aliphatic heterocycles. The molecule has 0 bridgehead atoms. The molecular weight excluding hydrogens is 407 g/mol. The SMILES string of the molecule is CC1(c2cccc3ccccc23)NC(=O)N(Cc2c(F)c(F)c(F)c(F)c2F)C1=O. The number of rotatable bonds is 3. The van der Waals surface area contributed by atoms with Gasteiger partial charge in [0.2, 0.25) is 5.82 Å². The third-order valence-electron chi connectivity index (χ3n) is 5.22. The van der Waals surface area contributed by atoms with Gasteiger partial charge < -0.3 is 5.32 Å². The van der Waals surface area contributed by atoms with Gasteiger partial charge in [0.15, 0.2) is 23.3 Å². The number of carbonyl (C=O) groups is 2. The maximum absolute atomic E-state index is 14.0. The van der Waals surface area contributed by atoms with Crippen LogP contribution in [0.1, 0.15) is 18.1 Å². The molecule has 30 heavy (non-hydrogen) atoms. The van der Waals surface area contributed by atoms with Crippen LogP contribution in [0.25, 0.3) is 10.8 Å². The third-order valence-corrected chi connectivity index (χ3v) is 5.22. The highest BCUT2D eigenvalue weighted by Crippen LogP contribution is 2.35. The van der Waals surface area contributed by atoms with E-state index in [2.05, 4.69) is 5.32 Å². The fraction of sp³-hybridized carbons (Fsp3) is 0.143. The van der Waals surface area contributed by atoms with E-state index in [0.29, 0.717) is 15.8 Å². The number of halogens is 5. The van der Waals surface area contributed by atoms with Gasteiger partial charge in [-0.25, -0.2) is 26.7 Å². The molecule has 1 N–H and O–H groups in total. The van der Waals surface area contributed by atoms with Gasteiger partial charge in [-0.1, -0.05) is 42.5 Å². The van der Waals surface area contributed by atoms with E-state index in [1.54, 1.807) is 42.5 Å². The van der Waals surface area contributed by atoms with E-state index in [1.165, 1.54) is 6.92 Å². The summed E-state index contributed by atoms with van der Waals surface area (Å²) in [4.78, 5) is 26.0. The summed E-state index contributed by atoms with van der Waals surface area (Å²) < 4.78 is 68.4. The molecule has 1 aliphatic rings. The van der Waals surface area contributed by atoms with Gasteiger partial charge in [0.05, 0.1) is 6.54 Å². The fourth-order valence-electron chi connectivity index (χ4n) is 3.63. The molecule has 0 aliphatic carbocycles. The van der Waals surface area contributed by atoms with E-state index in [4.69, 9.17) is 0 Å². The van der Waals surface area contributed by atoms with Gasteiger partial charge in [0.25, 0.3) is 5.91 Å². The van der Waals surface area contributed by atoms with Crippen LogP contribution in [0.2, 0.25) is 0 Å². The first-order valence-corrected chi connectivity index (χ1v) is 8.79. The Kier molecular flexibility index (Phi) is 4.48. The highest BCUT2D eigenvalue weighted by molar-refractivity contribution is 6.09. The molecule has 4 nitrogen and oxygen atoms in total. The zero-order valence-electron chi connectivity index (χ0n) is 15.4. The van der Waals surface area contributed by atoms with Crippen molar-refractivity contribution >= 4 is 22.7 Å². The second-order valence-electron chi connectivity index (χ2n) is 7.02. The number of imide groups is 1. The Morgan fingerprint density at radius 3 is 2.07 bits per heavy atom. The van der Waals surface area contributed by atoms with E-state index >= 15 is 0 Å². The Morgan fingerprint density at radius 2 is 1.40 bits per heavy atom. The number of nitrogens with zero attached hydrogens (tertiary/aromatic N) is 1. The molecule has 3 aromatic rings. The second-order valence-corrected chi connectivity index (χ2v) is 7.02. The van der Waals surface area contributed by atoms with Crippen LogP contribution in [0.5, 0.6) is 0 Å². The van der Waals surface area contributed by atoms with Crippen molar-refractivity contribution in [3.8, 4) is 0 Å². The smallest absolute Gasteiger partial charge is 0.319 e. The zero-order chi connectivity index (χ0) is 21.8. The van der Waals surface area contributed by atoms with E-state index in [-0.39, 0.29) is 0 Å². The topological polar surface area (TPSA) is 49.4 Å². The number of fused-ring (bicyclic) bond motifs is 1. The van der Waals surface area contributed by atoms with Crippen molar-refractivity contribution in [3.63, 3.8) is 0 Å². The molecule has 0 aromatic heterocycles. The van der Waals surface area contributed by atoms with Gasteiger partial charge in [0, 0.05) is 5.56 Å². The first kappa shape index (κ1) is 19.8. The Hall–Kier alpha value is -3.49. The minimum Gasteiger partial charge on any atom is -0.319 e. The van der Waals surface area contributed by atoms with Crippen LogP contribution >= 0.6 is 0 Å². The van der Waals surface area contributed by atoms with Crippen LogP contribution in [-0.4, -0.2) is 16.8 Å². The lowest BCUT2D eigenvalue weighted by molar-refractivity contribution is -0.131. The summed E-state index contributed by atoms with van der Waals surface area (Å²) >= 11 is 0. The van der Waals surface area contributed by atoms with Crippen LogP contribution in [-0.2, 0) is 16.9 Å². The van der Waals surface area contributed by atoms with Crippen molar-refractivity contribution in [1.29, 1.82) is 0 Å². The van der Waals surface area contributed by atoms with Crippen LogP contribution in [0, 0.1) is 29.1 Å². The molecule has 0 radical (unpaired) electrons. The molecule has 9 heteroatoms. The number of hydrogen-bond donors (Lipinski definition) is 1. The molecule has 3 aromatic carbocycles. The van der Waals surface area contributed by atoms with Crippen LogP contribution in [0.15, 0.2) is 42.5 Å². The summed E-state index contributed by atoms with van der Waals surface area (Å²) in [7, 11) is 0. The van der Waals surface area contributed by atoms with Crippen molar-refractivity contribution in [3.05, 3.63) is 82.7 Å². The predicted molar refractivity (Wildman–Crippen MR) is 96.6 cm³/mol. The molecule has 0 spiro atoms. The minimum absolute atomic E-state index is 0.430. The molecule has 1 heterocycles. The normalized spacial score (nSPS) is 18.9. The maximum atomic E-state index is 14.0. The van der Waals surface area contributed by atoms with Gasteiger partial charge in [-0.15, -0.1) is 0 Å². The largest absolute Gasteiger partial charge is 0.325 e. The minimum atomic E-state index is -2.31. The molecule has 154 valence electrons. The molecule has 3 amide bonds. The maximum Gasteiger partial charge on any atom is 0.325 e. The number of amides is 3. The molecule has 0 saturated carbocycles. The zero-order valence-corrected chi connectivity index (χ0v) is 15.4. The Labute approximate surface area is 166 Å². The van der Waals surface area contributed by atoms with Crippen molar-refractivity contribution in [2.45, 2.75) is 19.0 Å². The summed E-state index contributed by atoms with van der Waals surface area (Å²) in [6.07, 6.45) is 0. The van der Waals surface area contributed by atoms with Gasteiger partial charge in [-0.05, 0) is 23.3 Å². The lowest BCUT2D eigenvalue weighted by Gasteiger charge is -2.24. The Bertz CT molecular complexity index is 1200. The molecular formula is C21H13F5N2O2. The summed E-state index contributed by atoms with van der Waals surface area (Å²) in [6, 6.07) is 11.1. The number of carbonyl (C=O) groups excluding carboxylic acids is 2. The Balaban J connectivity index is 1.78. The van der Waals surface area contributed by atoms with Crippen molar-refractivity contribution in [1.82, 2.24) is 10.2 Å². The lowest BCUT2D eigenvalue weighted by Crippen LogP contribution is -2.41. The van der Waals surface area contributed by atoms with Crippen LogP contribution < -0.4 is 5.32 Å². The molecule has 1 saturated heterocycles. The highest BCUT2D eigenvalue weighted by atomic mass is 19.2. The van der Waals surface area contributed by atoms with Crippen molar-refractivity contribution in [2.75, 3.05) is 0 Å². The van der Waals surface area contributed by atoms with Crippen molar-refractivity contribution < 1.29 is 31.5 Å². The molecule has 1 atom stereocenters. The second kappa shape index (κ2) is 6.79. The van der Waals surface area contributed by atoms with Crippen molar-refractivity contribution in [2.24, 2.45) is 0 Å². The van der Waals surface area contributed by atoms with E-state index in [0.717, 1.165) is 5.39 Å². The quantitative estimate of drug-likeness (QED) is 0.294. The van der Waals surface area contributed by atoms with Gasteiger partial charge in [-0.3, -0.25) is 9.69 Å². The number of nitrogens with one attached hydrogen (secondary N) is 1. The fourth-order valence-corrected chi connectivity index (χ4v) is 3.63. The van der Waals surface area contributed by atoms with Gasteiger partial charge >= 0.3 is 6.03 Å². The summed E-state index contributed by atoms with van der Waals surface area (Å²) in [5, 5.41) is 3.92. The summed E-state index contributed by atoms with van der Waals surface area (Å²) in [5.74, 6) is -11.7. The third kappa shape index (κ3) is 2.72. The number of benzene rings is 3. The predicted octanol–water partition coefficient (Wildman–Crippen LogP) is 4.50. The molecule has 1 unspecified atom stereocenters. The molecule has 4 rings (SSSR count). The van der Waals surface area contributed by atoms with Gasteiger partial charge in [0.1, 0.15) is 5.54 Å². The average Bonchev–Trinajstić information content (AvgIpc) is 2.96. The average molecular weight is 420 g/mol. The molecule has 1 fully saturated rings. The van der Waals surface area contributed by atoms with Gasteiger partial charge in [-0.2, -0.15) is 0 Å². The van der Waals surface area contributed by atoms with Crippen LogP contribution in [0.3, 0.4) is 0 Å². The first-order chi connectivity index (χ1) is 14.2. The Morgan fingerprint density at radius 1 is 0.833 bits per heavy atom. The first-order valence-electron chi connectivity index (χ1n) is 8.79. The summed E-state index contributed by atoms with van der Waals surface area (Å²) in [6.45, 7) is 0.296. The van der Waals surface area contributed by atoms with E-state index in [9.17, 15) is 31.5 Å². The summed E-state index contributed by atoms with van der Waals surface area (Å²) in [5.41, 5.74) is -2.43. The van der Waals surface area contributed by atoms with Crippen LogP contribution in [0.4, 0.5) is 26.7 Å². The number of urea groups is 1. The lowest BCUT2D eigenvalue weighted by atomic mass is 9.87. The van der Waals surface area contributed by atoms with E-state index < -0.39 is 58.7 Å². The number of hydrogen-bond acceptors (Lipinski definition) is 2. The monoisotopic (exact) mass is 420 g/mol. The van der Waals surface area contributed by atoms with E-state index in [1.807, 2.05) is 0 Å². The highest BCUT2D eigenvalue weighted by Gasteiger charge is 2.50. The standard InChI is InChI=1S/C21H13F5N2O2/c1-21(13-8-4-6-10-5-2-3-7-11(10)13)19(29)28(20(30)27-21)9-12-14(22)16(24)18(26)17(25)15(12)23/h2-8H,9H2,1H3,(H,27,30).